The topological polar surface area (TPSA) is 36.9 Å². The molecule has 0 spiro atoms. The Labute approximate surface area is 125 Å². The molecule has 0 aliphatic rings. The van der Waals surface area contributed by atoms with Gasteiger partial charge in [0, 0.05) is 0 Å². The molecule has 2 aromatic rings. The summed E-state index contributed by atoms with van der Waals surface area (Å²) in [6, 6.07) is 14.7. The molecule has 108 valence electrons. The molecule has 4 nitrogen and oxygen atoms in total. The fourth-order valence-corrected chi connectivity index (χ4v) is 1.80. The molecule has 0 N–H and O–H groups in total. The highest BCUT2D eigenvalue weighted by Crippen LogP contribution is 2.29. The molecular weight excluding hydrogens is 267 g/mol. The molecule has 0 aliphatic heterocycles. The monoisotopic (exact) mass is 284 g/mol. The summed E-state index contributed by atoms with van der Waals surface area (Å²) in [4.78, 5) is 0. The second-order valence-corrected chi connectivity index (χ2v) is 4.14. The second kappa shape index (κ2) is 7.29. The van der Waals surface area contributed by atoms with Gasteiger partial charge in [-0.1, -0.05) is 24.3 Å². The van der Waals surface area contributed by atoms with Crippen LogP contribution in [0.1, 0.15) is 0 Å². The van der Waals surface area contributed by atoms with Crippen LogP contribution in [0.25, 0.3) is 0 Å². The lowest BCUT2D eigenvalue weighted by atomic mass is 9.90. The summed E-state index contributed by atoms with van der Waals surface area (Å²) in [7, 11) is 2.52. The summed E-state index contributed by atoms with van der Waals surface area (Å²) in [5.41, 5.74) is 0. The summed E-state index contributed by atoms with van der Waals surface area (Å²) < 4.78 is 22.0. The third-order valence-electron chi connectivity index (χ3n) is 2.82. The van der Waals surface area contributed by atoms with Crippen molar-refractivity contribution in [2.24, 2.45) is 0 Å². The SMILES string of the molecule is C=CB(Oc1ccccc1OC)Oc1ccccc1OC. The first-order valence-electron chi connectivity index (χ1n) is 6.50. The van der Waals surface area contributed by atoms with Gasteiger partial charge in [0.2, 0.25) is 0 Å². The van der Waals surface area contributed by atoms with Crippen LogP contribution in [0.2, 0.25) is 0 Å². The molecule has 0 bridgehead atoms. The van der Waals surface area contributed by atoms with E-state index in [1.54, 1.807) is 32.3 Å². The van der Waals surface area contributed by atoms with Gasteiger partial charge in [0.05, 0.1) is 14.2 Å². The van der Waals surface area contributed by atoms with Crippen molar-refractivity contribution in [2.75, 3.05) is 14.2 Å². The van der Waals surface area contributed by atoms with E-state index >= 15 is 0 Å². The van der Waals surface area contributed by atoms with E-state index in [9.17, 15) is 0 Å². The van der Waals surface area contributed by atoms with Crippen molar-refractivity contribution in [3.05, 3.63) is 61.1 Å². The van der Waals surface area contributed by atoms with E-state index in [0.717, 1.165) is 0 Å². The first kappa shape index (κ1) is 14.8. The Bertz CT molecular complexity index is 551. The van der Waals surface area contributed by atoms with Crippen LogP contribution in [0.3, 0.4) is 0 Å². The Morgan fingerprint density at radius 2 is 1.14 bits per heavy atom. The fraction of sp³-hybridized carbons (Fsp3) is 0.125. The van der Waals surface area contributed by atoms with Crippen LogP contribution < -0.4 is 18.8 Å². The van der Waals surface area contributed by atoms with Gasteiger partial charge in [-0.05, 0) is 30.2 Å². The zero-order chi connectivity index (χ0) is 15.1. The van der Waals surface area contributed by atoms with E-state index in [4.69, 9.17) is 18.8 Å². The molecular formula is C16H17BO4. The maximum absolute atomic E-state index is 5.77. The molecule has 0 radical (unpaired) electrons. The first-order valence-corrected chi connectivity index (χ1v) is 6.50. The summed E-state index contributed by atoms with van der Waals surface area (Å²) in [5, 5.41) is 0. The van der Waals surface area contributed by atoms with Crippen LogP contribution in [0.5, 0.6) is 23.0 Å². The van der Waals surface area contributed by atoms with Crippen molar-refractivity contribution in [3.8, 4) is 23.0 Å². The normalized spacial score (nSPS) is 9.62. The van der Waals surface area contributed by atoms with Gasteiger partial charge in [-0.15, -0.1) is 6.58 Å². The number of methoxy groups -OCH3 is 2. The summed E-state index contributed by atoms with van der Waals surface area (Å²) >= 11 is 0. The Kier molecular flexibility index (Phi) is 5.15. The Morgan fingerprint density at radius 3 is 1.48 bits per heavy atom. The maximum Gasteiger partial charge on any atom is 0.624 e. The van der Waals surface area contributed by atoms with E-state index in [-0.39, 0.29) is 0 Å². The minimum Gasteiger partial charge on any atom is -0.520 e. The Hall–Kier alpha value is -2.56. The average molecular weight is 284 g/mol. The van der Waals surface area contributed by atoms with Crippen molar-refractivity contribution in [1.82, 2.24) is 0 Å². The van der Waals surface area contributed by atoms with Gasteiger partial charge in [0.1, 0.15) is 11.5 Å². The molecule has 0 heterocycles. The van der Waals surface area contributed by atoms with Crippen molar-refractivity contribution < 1.29 is 18.8 Å². The standard InChI is InChI=1S/C16H17BO4/c1-4-17(20-15-11-7-5-9-13(15)18-2)21-16-12-8-6-10-14(16)19-3/h4-12H,1H2,2-3H3. The molecule has 2 rings (SSSR count). The lowest BCUT2D eigenvalue weighted by Gasteiger charge is -2.17. The molecule has 0 atom stereocenters. The van der Waals surface area contributed by atoms with Crippen LogP contribution in [-0.2, 0) is 0 Å². The quantitative estimate of drug-likeness (QED) is 0.730. The third-order valence-corrected chi connectivity index (χ3v) is 2.82. The predicted octanol–water partition coefficient (Wildman–Crippen LogP) is 3.38. The lowest BCUT2D eigenvalue weighted by Crippen LogP contribution is -2.27. The van der Waals surface area contributed by atoms with Crippen LogP contribution >= 0.6 is 0 Å². The zero-order valence-electron chi connectivity index (χ0n) is 12.1. The van der Waals surface area contributed by atoms with Crippen LogP contribution in [0, 0.1) is 0 Å². The van der Waals surface area contributed by atoms with E-state index in [1.165, 1.54) is 0 Å². The van der Waals surface area contributed by atoms with Gasteiger partial charge in [0.15, 0.2) is 11.5 Å². The molecule has 0 fully saturated rings. The van der Waals surface area contributed by atoms with Crippen LogP contribution in [-0.4, -0.2) is 21.3 Å². The highest BCUT2D eigenvalue weighted by Gasteiger charge is 2.21. The van der Waals surface area contributed by atoms with E-state index in [2.05, 4.69) is 6.58 Å². The van der Waals surface area contributed by atoms with Crippen molar-refractivity contribution >= 4 is 7.12 Å². The Balaban J connectivity index is 2.15. The molecule has 5 heteroatoms. The van der Waals surface area contributed by atoms with Gasteiger partial charge >= 0.3 is 7.12 Å². The van der Waals surface area contributed by atoms with E-state index < -0.39 is 7.12 Å². The smallest absolute Gasteiger partial charge is 0.520 e. The highest BCUT2D eigenvalue weighted by molar-refractivity contribution is 6.52. The molecule has 0 amide bonds. The maximum atomic E-state index is 5.77. The largest absolute Gasteiger partial charge is 0.624 e. The fourth-order valence-electron chi connectivity index (χ4n) is 1.80. The van der Waals surface area contributed by atoms with E-state index in [0.29, 0.717) is 23.0 Å². The average Bonchev–Trinajstić information content (AvgIpc) is 2.55. The summed E-state index contributed by atoms with van der Waals surface area (Å²) in [5.74, 6) is 4.00. The highest BCUT2D eigenvalue weighted by atomic mass is 16.6. The molecule has 0 saturated carbocycles. The second-order valence-electron chi connectivity index (χ2n) is 4.14. The van der Waals surface area contributed by atoms with Crippen molar-refractivity contribution in [3.63, 3.8) is 0 Å². The molecule has 0 unspecified atom stereocenters. The zero-order valence-corrected chi connectivity index (χ0v) is 12.1. The molecule has 0 aromatic heterocycles. The lowest BCUT2D eigenvalue weighted by molar-refractivity contribution is 0.363. The molecule has 2 aromatic carbocycles. The molecule has 0 saturated heterocycles. The minimum absolute atomic E-state index is 0.583. The van der Waals surface area contributed by atoms with Crippen LogP contribution in [0.15, 0.2) is 61.1 Å². The van der Waals surface area contributed by atoms with E-state index in [1.807, 2.05) is 36.4 Å². The van der Waals surface area contributed by atoms with Crippen LogP contribution in [0.4, 0.5) is 0 Å². The Morgan fingerprint density at radius 1 is 0.762 bits per heavy atom. The third kappa shape index (κ3) is 3.72. The number of rotatable bonds is 7. The van der Waals surface area contributed by atoms with Gasteiger partial charge in [-0.2, -0.15) is 0 Å². The first-order chi connectivity index (χ1) is 10.3. The number of ether oxygens (including phenoxy) is 2. The minimum atomic E-state index is -0.655. The number of para-hydroxylation sites is 4. The van der Waals surface area contributed by atoms with Gasteiger partial charge < -0.3 is 18.8 Å². The summed E-state index contributed by atoms with van der Waals surface area (Å²) in [6.07, 6.45) is 0. The molecule has 0 aliphatic carbocycles. The number of benzene rings is 2. The van der Waals surface area contributed by atoms with Gasteiger partial charge in [0.25, 0.3) is 0 Å². The van der Waals surface area contributed by atoms with Crippen molar-refractivity contribution in [1.29, 1.82) is 0 Å². The predicted molar refractivity (Wildman–Crippen MR) is 83.2 cm³/mol. The molecule has 21 heavy (non-hydrogen) atoms. The summed E-state index contributed by atoms with van der Waals surface area (Å²) in [6.45, 7) is 3.73. The van der Waals surface area contributed by atoms with Gasteiger partial charge in [-0.3, -0.25) is 0 Å². The number of hydrogen-bond acceptors (Lipinski definition) is 4. The van der Waals surface area contributed by atoms with Gasteiger partial charge in [-0.25, -0.2) is 0 Å². The van der Waals surface area contributed by atoms with Crippen molar-refractivity contribution in [2.45, 2.75) is 0 Å². The number of hydrogen-bond donors (Lipinski definition) is 0.